The van der Waals surface area contributed by atoms with Gasteiger partial charge in [0, 0.05) is 12.9 Å². The number of hydrogen-bond acceptors (Lipinski definition) is 10. The zero-order chi connectivity index (χ0) is 21.4. The molecule has 1 aliphatic rings. The molecule has 0 aromatic heterocycles. The van der Waals surface area contributed by atoms with Crippen LogP contribution in [0.1, 0.15) is 12.5 Å². The van der Waals surface area contributed by atoms with E-state index >= 15 is 0 Å². The molecule has 2 rings (SSSR count). The lowest BCUT2D eigenvalue weighted by Crippen LogP contribution is -2.33. The van der Waals surface area contributed by atoms with Crippen molar-refractivity contribution in [3.63, 3.8) is 0 Å². The molecule has 0 saturated carbocycles. The number of hydrogen-bond donors (Lipinski definition) is 4. The quantitative estimate of drug-likeness (QED) is 0.281. The van der Waals surface area contributed by atoms with Crippen molar-refractivity contribution in [3.8, 4) is 23.0 Å². The lowest BCUT2D eigenvalue weighted by atomic mass is 10.1. The molecule has 1 aliphatic heterocycles. The van der Waals surface area contributed by atoms with Gasteiger partial charge >= 0.3 is 5.97 Å². The molecule has 0 bridgehead atoms. The molecule has 1 aromatic rings. The highest BCUT2D eigenvalue weighted by Crippen LogP contribution is 2.47. The van der Waals surface area contributed by atoms with Gasteiger partial charge in [-0.3, -0.25) is 4.99 Å². The summed E-state index contributed by atoms with van der Waals surface area (Å²) in [5, 5.41) is 39.7. The standard InChI is InChI=1S/C18H25NO9S/c1-18(17(23)24)10-29-16(19-18)11-9-12(14(21)15(22)13(11)20)28-8-7-27-6-5-26-4-3-25-2/h9,20-22H,3-8,10H2,1-2H3,(H,23,24)/t18-/m1/s1. The number of thioether (sulfide) groups is 1. The summed E-state index contributed by atoms with van der Waals surface area (Å²) in [5.41, 5.74) is -1.25. The Morgan fingerprint density at radius 3 is 2.28 bits per heavy atom. The largest absolute Gasteiger partial charge is 0.504 e. The molecule has 0 amide bonds. The van der Waals surface area contributed by atoms with Gasteiger partial charge < -0.3 is 39.4 Å². The average Bonchev–Trinajstić information content (AvgIpc) is 3.10. The molecule has 0 radical (unpaired) electrons. The number of phenols is 3. The summed E-state index contributed by atoms with van der Waals surface area (Å²) < 4.78 is 20.9. The molecule has 4 N–H and O–H groups in total. The molecular weight excluding hydrogens is 406 g/mol. The minimum Gasteiger partial charge on any atom is -0.504 e. The van der Waals surface area contributed by atoms with E-state index in [4.69, 9.17) is 18.9 Å². The number of aromatic hydroxyl groups is 3. The van der Waals surface area contributed by atoms with Gasteiger partial charge in [0.25, 0.3) is 0 Å². The van der Waals surface area contributed by atoms with Crippen molar-refractivity contribution in [1.82, 2.24) is 0 Å². The number of carboxylic acids is 1. The van der Waals surface area contributed by atoms with Gasteiger partial charge in [-0.05, 0) is 13.0 Å². The fourth-order valence-corrected chi connectivity index (χ4v) is 3.50. The number of benzene rings is 1. The Bertz CT molecular complexity index is 755. The van der Waals surface area contributed by atoms with Crippen molar-refractivity contribution in [2.45, 2.75) is 12.5 Å². The van der Waals surface area contributed by atoms with E-state index in [1.165, 1.54) is 13.0 Å². The molecule has 1 heterocycles. The minimum absolute atomic E-state index is 0.0712. The van der Waals surface area contributed by atoms with E-state index in [0.717, 1.165) is 11.8 Å². The lowest BCUT2D eigenvalue weighted by molar-refractivity contribution is -0.141. The fraction of sp³-hybridized carbons (Fsp3) is 0.556. The molecule has 162 valence electrons. The van der Waals surface area contributed by atoms with Crippen molar-refractivity contribution >= 4 is 22.8 Å². The summed E-state index contributed by atoms with van der Waals surface area (Å²) in [6.07, 6.45) is 0. The first-order valence-electron chi connectivity index (χ1n) is 8.81. The number of carboxylic acid groups (broad SMARTS) is 1. The molecule has 0 fully saturated rings. The predicted octanol–water partition coefficient (Wildman–Crippen LogP) is 1.20. The van der Waals surface area contributed by atoms with E-state index < -0.39 is 28.8 Å². The van der Waals surface area contributed by atoms with E-state index in [1.807, 2.05) is 0 Å². The average molecular weight is 431 g/mol. The number of methoxy groups -OCH3 is 1. The van der Waals surface area contributed by atoms with Gasteiger partial charge in [0.05, 0.1) is 38.6 Å². The van der Waals surface area contributed by atoms with Crippen molar-refractivity contribution < 1.29 is 44.2 Å². The van der Waals surface area contributed by atoms with Gasteiger partial charge in [-0.1, -0.05) is 0 Å². The van der Waals surface area contributed by atoms with Gasteiger partial charge in [0.1, 0.15) is 11.7 Å². The summed E-state index contributed by atoms with van der Waals surface area (Å²) in [6.45, 7) is 3.47. The van der Waals surface area contributed by atoms with Crippen LogP contribution in [0, 0.1) is 0 Å². The maximum absolute atomic E-state index is 11.3. The van der Waals surface area contributed by atoms with Crippen LogP contribution in [0.2, 0.25) is 0 Å². The highest BCUT2D eigenvalue weighted by atomic mass is 32.2. The number of aliphatic imine (C=N–C) groups is 1. The summed E-state index contributed by atoms with van der Waals surface area (Å²) in [4.78, 5) is 15.5. The highest BCUT2D eigenvalue weighted by molar-refractivity contribution is 8.14. The minimum atomic E-state index is -1.33. The molecular formula is C18H25NO9S. The lowest BCUT2D eigenvalue weighted by Gasteiger charge is -2.14. The van der Waals surface area contributed by atoms with Crippen LogP contribution in [-0.4, -0.2) is 89.5 Å². The van der Waals surface area contributed by atoms with Gasteiger partial charge in [-0.2, -0.15) is 0 Å². The van der Waals surface area contributed by atoms with E-state index in [0.29, 0.717) is 26.4 Å². The van der Waals surface area contributed by atoms with E-state index in [9.17, 15) is 25.2 Å². The Labute approximate surface area is 172 Å². The molecule has 0 spiro atoms. The number of rotatable bonds is 12. The first kappa shape index (κ1) is 23.1. The molecule has 1 aromatic carbocycles. The topological polar surface area (TPSA) is 147 Å². The first-order valence-corrected chi connectivity index (χ1v) is 9.80. The zero-order valence-electron chi connectivity index (χ0n) is 16.2. The summed E-state index contributed by atoms with van der Waals surface area (Å²) in [5.74, 6) is -2.99. The van der Waals surface area contributed by atoms with Crippen LogP contribution in [0.25, 0.3) is 0 Å². The van der Waals surface area contributed by atoms with Crippen molar-refractivity contribution in [2.24, 2.45) is 4.99 Å². The predicted molar refractivity (Wildman–Crippen MR) is 105 cm³/mol. The van der Waals surface area contributed by atoms with Crippen molar-refractivity contribution in [1.29, 1.82) is 0 Å². The third-order valence-electron chi connectivity index (χ3n) is 4.03. The molecule has 1 atom stereocenters. The van der Waals surface area contributed by atoms with Crippen LogP contribution >= 0.6 is 11.8 Å². The van der Waals surface area contributed by atoms with Gasteiger partial charge in [-0.15, -0.1) is 11.8 Å². The maximum Gasteiger partial charge on any atom is 0.332 e. The summed E-state index contributed by atoms with van der Waals surface area (Å²) in [7, 11) is 1.59. The Kier molecular flexibility index (Phi) is 8.38. The van der Waals surface area contributed by atoms with Crippen LogP contribution < -0.4 is 4.74 Å². The van der Waals surface area contributed by atoms with E-state index in [2.05, 4.69) is 4.99 Å². The molecule has 10 nitrogen and oxygen atoms in total. The van der Waals surface area contributed by atoms with Crippen molar-refractivity contribution in [3.05, 3.63) is 11.6 Å². The Morgan fingerprint density at radius 2 is 1.69 bits per heavy atom. The molecule has 0 aliphatic carbocycles. The monoisotopic (exact) mass is 431 g/mol. The second kappa shape index (κ2) is 10.5. The first-order chi connectivity index (χ1) is 13.8. The van der Waals surface area contributed by atoms with E-state index in [1.54, 1.807) is 7.11 Å². The van der Waals surface area contributed by atoms with Crippen LogP contribution in [0.5, 0.6) is 23.0 Å². The van der Waals surface area contributed by atoms with Crippen LogP contribution in [0.4, 0.5) is 0 Å². The van der Waals surface area contributed by atoms with Crippen molar-refractivity contribution in [2.75, 3.05) is 52.5 Å². The number of aliphatic carboxylic acids is 1. The maximum atomic E-state index is 11.3. The molecule has 29 heavy (non-hydrogen) atoms. The second-order valence-corrected chi connectivity index (χ2v) is 7.28. The Hall–Kier alpha value is -2.21. The smallest absolute Gasteiger partial charge is 0.332 e. The summed E-state index contributed by atoms with van der Waals surface area (Å²) >= 11 is 1.12. The normalized spacial score (nSPS) is 18.6. The SMILES string of the molecule is COCCOCCOCCOc1cc(C2=N[C@@](C)(C(=O)O)CS2)c(O)c(O)c1O. The second-order valence-electron chi connectivity index (χ2n) is 6.32. The van der Waals surface area contributed by atoms with E-state index in [-0.39, 0.29) is 35.3 Å². The number of nitrogens with zero attached hydrogens (tertiary/aromatic N) is 1. The zero-order valence-corrected chi connectivity index (χ0v) is 17.0. The Morgan fingerprint density at radius 1 is 1.07 bits per heavy atom. The number of phenolic OH excluding ortho intramolecular Hbond substituents is 3. The van der Waals surface area contributed by atoms with Gasteiger partial charge in [-0.25, -0.2) is 4.79 Å². The molecule has 0 saturated heterocycles. The highest BCUT2D eigenvalue weighted by Gasteiger charge is 2.39. The van der Waals surface area contributed by atoms with Gasteiger partial charge in [0.2, 0.25) is 11.5 Å². The third kappa shape index (κ3) is 5.89. The van der Waals surface area contributed by atoms with Gasteiger partial charge in [0.15, 0.2) is 17.0 Å². The molecule has 0 unspecified atom stereocenters. The van der Waals surface area contributed by atoms with Crippen LogP contribution in [0.15, 0.2) is 11.1 Å². The number of carbonyl (C=O) groups is 1. The third-order valence-corrected chi connectivity index (χ3v) is 5.32. The fourth-order valence-electron chi connectivity index (χ4n) is 2.32. The summed E-state index contributed by atoms with van der Waals surface area (Å²) in [6, 6.07) is 1.30. The van der Waals surface area contributed by atoms with Crippen LogP contribution in [-0.2, 0) is 19.0 Å². The molecule has 11 heteroatoms. The number of ether oxygens (including phenoxy) is 4. The Balaban J connectivity index is 1.97. The van der Waals surface area contributed by atoms with Crippen LogP contribution in [0.3, 0.4) is 0 Å².